The Kier molecular flexibility index (Phi) is 9.05. The van der Waals surface area contributed by atoms with Crippen LogP contribution in [0.15, 0.2) is 48.5 Å². The molecule has 0 saturated carbocycles. The Morgan fingerprint density at radius 3 is 2.18 bits per heavy atom. The van der Waals surface area contributed by atoms with E-state index in [2.05, 4.69) is 5.32 Å². The van der Waals surface area contributed by atoms with Gasteiger partial charge in [-0.2, -0.15) is 0 Å². The van der Waals surface area contributed by atoms with Crippen LogP contribution >= 0.6 is 0 Å². The molecule has 8 heteroatoms. The first-order valence-electron chi connectivity index (χ1n) is 11.1. The summed E-state index contributed by atoms with van der Waals surface area (Å²) in [6, 6.07) is 14.2. The Bertz CT molecular complexity index is 1070. The van der Waals surface area contributed by atoms with Crippen molar-refractivity contribution >= 4 is 27.5 Å². The summed E-state index contributed by atoms with van der Waals surface area (Å²) in [5.41, 5.74) is 3.21. The van der Waals surface area contributed by atoms with Crippen LogP contribution in [0.3, 0.4) is 0 Å². The molecule has 0 bridgehead atoms. The summed E-state index contributed by atoms with van der Waals surface area (Å²) in [7, 11) is -3.73. The van der Waals surface area contributed by atoms with E-state index in [1.54, 1.807) is 19.1 Å². The minimum atomic E-state index is -3.73. The molecule has 0 spiro atoms. The highest BCUT2D eigenvalue weighted by Gasteiger charge is 2.30. The summed E-state index contributed by atoms with van der Waals surface area (Å²) < 4.78 is 26.4. The van der Waals surface area contributed by atoms with Crippen LogP contribution in [0.25, 0.3) is 0 Å². The fraction of sp³-hybridized carbons (Fsp3) is 0.440. The topological polar surface area (TPSA) is 86.8 Å². The normalized spacial score (nSPS) is 12.3. The van der Waals surface area contributed by atoms with Gasteiger partial charge in [0.15, 0.2) is 0 Å². The average Bonchev–Trinajstić information content (AvgIpc) is 2.73. The van der Waals surface area contributed by atoms with Gasteiger partial charge in [0, 0.05) is 12.6 Å². The summed E-state index contributed by atoms with van der Waals surface area (Å²) in [6.07, 6.45) is 1.64. The molecule has 7 nitrogen and oxygen atoms in total. The number of hydrogen-bond acceptors (Lipinski definition) is 4. The van der Waals surface area contributed by atoms with Crippen LogP contribution in [-0.4, -0.2) is 56.6 Å². The smallest absolute Gasteiger partial charge is 0.244 e. The van der Waals surface area contributed by atoms with Crippen LogP contribution in [0.5, 0.6) is 0 Å². The van der Waals surface area contributed by atoms with Gasteiger partial charge in [0.25, 0.3) is 0 Å². The zero-order valence-electron chi connectivity index (χ0n) is 20.3. The van der Waals surface area contributed by atoms with Crippen LogP contribution in [0.4, 0.5) is 5.69 Å². The molecule has 0 aliphatic heterocycles. The molecular formula is C25H35N3O4S. The van der Waals surface area contributed by atoms with E-state index in [9.17, 15) is 18.0 Å². The molecule has 180 valence electrons. The van der Waals surface area contributed by atoms with Gasteiger partial charge in [-0.05, 0) is 63.8 Å². The Hall–Kier alpha value is -2.87. The first-order valence-corrected chi connectivity index (χ1v) is 12.9. The first-order chi connectivity index (χ1) is 15.4. The van der Waals surface area contributed by atoms with E-state index in [1.165, 1.54) is 4.90 Å². The lowest BCUT2D eigenvalue weighted by molar-refractivity contribution is -0.139. The molecule has 0 fully saturated rings. The quantitative estimate of drug-likeness (QED) is 0.575. The SMILES string of the molecule is Cc1cccc(N(CC(=O)N(CCc2ccccc2)[C@H](C)C(=O)NC(C)C)S(C)(=O)=O)c1C. The first kappa shape index (κ1) is 26.4. The molecule has 0 aliphatic carbocycles. The highest BCUT2D eigenvalue weighted by Crippen LogP contribution is 2.25. The van der Waals surface area contributed by atoms with Gasteiger partial charge in [-0.3, -0.25) is 13.9 Å². The molecule has 0 unspecified atom stereocenters. The van der Waals surface area contributed by atoms with Crippen molar-refractivity contribution < 1.29 is 18.0 Å². The molecule has 1 atom stereocenters. The van der Waals surface area contributed by atoms with E-state index in [-0.39, 0.29) is 18.5 Å². The van der Waals surface area contributed by atoms with E-state index < -0.39 is 22.0 Å². The number of hydrogen-bond donors (Lipinski definition) is 1. The summed E-state index contributed by atoms with van der Waals surface area (Å²) in [6.45, 7) is 9.02. The predicted molar refractivity (Wildman–Crippen MR) is 133 cm³/mol. The van der Waals surface area contributed by atoms with Crippen molar-refractivity contribution in [2.24, 2.45) is 0 Å². The third-order valence-corrected chi connectivity index (χ3v) is 6.73. The number of nitrogens with zero attached hydrogens (tertiary/aromatic N) is 2. The third kappa shape index (κ3) is 7.32. The van der Waals surface area contributed by atoms with Crippen LogP contribution in [0.1, 0.15) is 37.5 Å². The van der Waals surface area contributed by atoms with E-state index in [1.807, 2.05) is 64.1 Å². The van der Waals surface area contributed by atoms with Crippen molar-refractivity contribution in [1.82, 2.24) is 10.2 Å². The minimum Gasteiger partial charge on any atom is -0.352 e. The maximum Gasteiger partial charge on any atom is 0.244 e. The average molecular weight is 474 g/mol. The molecule has 1 N–H and O–H groups in total. The molecule has 0 aromatic heterocycles. The molecule has 2 amide bonds. The second kappa shape index (κ2) is 11.3. The number of aryl methyl sites for hydroxylation is 1. The monoisotopic (exact) mass is 473 g/mol. The van der Waals surface area contributed by atoms with Gasteiger partial charge in [0.05, 0.1) is 11.9 Å². The van der Waals surface area contributed by atoms with Crippen LogP contribution in [-0.2, 0) is 26.0 Å². The molecule has 0 radical (unpaired) electrons. The van der Waals surface area contributed by atoms with Crippen LogP contribution in [0, 0.1) is 13.8 Å². The molecule has 2 aromatic carbocycles. The molecule has 2 aromatic rings. The number of carbonyl (C=O) groups excluding carboxylic acids is 2. The van der Waals surface area contributed by atoms with Gasteiger partial charge in [0.1, 0.15) is 12.6 Å². The Labute approximate surface area is 197 Å². The summed E-state index contributed by atoms with van der Waals surface area (Å²) in [5.74, 6) is -0.701. The molecule has 2 rings (SSSR count). The maximum atomic E-state index is 13.5. The zero-order chi connectivity index (χ0) is 24.8. The minimum absolute atomic E-state index is 0.0755. The molecule has 0 heterocycles. The summed E-state index contributed by atoms with van der Waals surface area (Å²) in [4.78, 5) is 27.7. The van der Waals surface area contributed by atoms with E-state index in [0.717, 1.165) is 27.3 Å². The van der Waals surface area contributed by atoms with Gasteiger partial charge >= 0.3 is 0 Å². The number of amides is 2. The number of anilines is 1. The lowest BCUT2D eigenvalue weighted by Crippen LogP contribution is -2.53. The fourth-order valence-electron chi connectivity index (χ4n) is 3.58. The Morgan fingerprint density at radius 2 is 1.61 bits per heavy atom. The van der Waals surface area contributed by atoms with E-state index in [4.69, 9.17) is 0 Å². The van der Waals surface area contributed by atoms with Crippen molar-refractivity contribution in [1.29, 1.82) is 0 Å². The van der Waals surface area contributed by atoms with E-state index in [0.29, 0.717) is 18.7 Å². The third-order valence-electron chi connectivity index (χ3n) is 5.61. The molecule has 33 heavy (non-hydrogen) atoms. The second-order valence-electron chi connectivity index (χ2n) is 8.65. The van der Waals surface area contributed by atoms with Crippen molar-refractivity contribution in [3.63, 3.8) is 0 Å². The zero-order valence-corrected chi connectivity index (χ0v) is 21.1. The number of sulfonamides is 1. The van der Waals surface area contributed by atoms with Crippen molar-refractivity contribution in [3.05, 3.63) is 65.2 Å². The maximum absolute atomic E-state index is 13.5. The van der Waals surface area contributed by atoms with E-state index >= 15 is 0 Å². The lowest BCUT2D eigenvalue weighted by Gasteiger charge is -2.32. The fourth-order valence-corrected chi connectivity index (χ4v) is 4.48. The van der Waals surface area contributed by atoms with Crippen molar-refractivity contribution in [2.45, 2.75) is 53.1 Å². The van der Waals surface area contributed by atoms with Gasteiger partial charge in [-0.15, -0.1) is 0 Å². The van der Waals surface area contributed by atoms with Crippen molar-refractivity contribution in [3.8, 4) is 0 Å². The number of rotatable bonds is 10. The highest BCUT2D eigenvalue weighted by molar-refractivity contribution is 7.92. The predicted octanol–water partition coefficient (Wildman–Crippen LogP) is 3.05. The van der Waals surface area contributed by atoms with Crippen LogP contribution in [0.2, 0.25) is 0 Å². The Balaban J connectivity index is 2.35. The molecular weight excluding hydrogens is 438 g/mol. The highest BCUT2D eigenvalue weighted by atomic mass is 32.2. The molecule has 0 aliphatic rings. The summed E-state index contributed by atoms with van der Waals surface area (Å²) >= 11 is 0. The second-order valence-corrected chi connectivity index (χ2v) is 10.6. The standard InChI is InChI=1S/C25H35N3O4S/c1-18(2)26-25(30)21(5)27(16-15-22-12-8-7-9-13-22)24(29)17-28(33(6,31)32)23-14-10-11-19(3)20(23)4/h7-14,18,21H,15-17H2,1-6H3,(H,26,30)/t21-/m1/s1. The largest absolute Gasteiger partial charge is 0.352 e. The van der Waals surface area contributed by atoms with Crippen molar-refractivity contribution in [2.75, 3.05) is 23.7 Å². The van der Waals surface area contributed by atoms with Gasteiger partial charge in [0.2, 0.25) is 21.8 Å². The number of carbonyl (C=O) groups is 2. The number of nitrogens with one attached hydrogen (secondary N) is 1. The van der Waals surface area contributed by atoms with Gasteiger partial charge in [-0.1, -0.05) is 42.5 Å². The lowest BCUT2D eigenvalue weighted by atomic mass is 10.1. The van der Waals surface area contributed by atoms with Crippen LogP contribution < -0.4 is 9.62 Å². The summed E-state index contributed by atoms with van der Waals surface area (Å²) in [5, 5.41) is 2.84. The molecule has 0 saturated heterocycles. The van der Waals surface area contributed by atoms with Gasteiger partial charge in [-0.25, -0.2) is 8.42 Å². The number of benzene rings is 2. The Morgan fingerprint density at radius 1 is 0.970 bits per heavy atom. The van der Waals surface area contributed by atoms with Gasteiger partial charge < -0.3 is 10.2 Å².